The Labute approximate surface area is 165 Å². The summed E-state index contributed by atoms with van der Waals surface area (Å²) in [6.07, 6.45) is 6.21. The molecule has 28 heavy (non-hydrogen) atoms. The zero-order valence-corrected chi connectivity index (χ0v) is 16.1. The van der Waals surface area contributed by atoms with Crippen molar-refractivity contribution in [3.63, 3.8) is 0 Å². The van der Waals surface area contributed by atoms with Gasteiger partial charge in [0.25, 0.3) is 5.91 Å². The van der Waals surface area contributed by atoms with Gasteiger partial charge < -0.3 is 9.64 Å². The highest BCUT2D eigenvalue weighted by Gasteiger charge is 2.68. The Morgan fingerprint density at radius 3 is 2.54 bits per heavy atom. The van der Waals surface area contributed by atoms with E-state index < -0.39 is 5.54 Å². The van der Waals surface area contributed by atoms with Crippen LogP contribution < -0.4 is 0 Å². The summed E-state index contributed by atoms with van der Waals surface area (Å²) >= 11 is 0. The molecule has 3 aliphatic rings. The second-order valence-corrected chi connectivity index (χ2v) is 7.91. The number of carbonyl (C=O) groups is 2. The predicted octanol–water partition coefficient (Wildman–Crippen LogP) is 2.52. The Morgan fingerprint density at radius 1 is 1.25 bits per heavy atom. The first-order valence-electron chi connectivity index (χ1n) is 9.59. The third-order valence-electron chi connectivity index (χ3n) is 5.90. The molecule has 146 valence electrons. The van der Waals surface area contributed by atoms with Gasteiger partial charge in [0.1, 0.15) is 17.9 Å². The topological polar surface area (TPSA) is 62.2 Å². The minimum atomic E-state index is -0.825. The fraction of sp³-hybridized carbons (Fsp3) is 0.409. The fourth-order valence-electron chi connectivity index (χ4n) is 4.60. The first-order valence-corrected chi connectivity index (χ1v) is 9.59. The minimum Gasteiger partial charge on any atom is -0.380 e. The second kappa shape index (κ2) is 7.02. The van der Waals surface area contributed by atoms with Gasteiger partial charge in [0.2, 0.25) is 5.91 Å². The van der Waals surface area contributed by atoms with Gasteiger partial charge in [-0.2, -0.15) is 0 Å². The molecule has 0 N–H and O–H groups in total. The van der Waals surface area contributed by atoms with Crippen LogP contribution in [0.25, 0.3) is 0 Å². The van der Waals surface area contributed by atoms with E-state index in [2.05, 4.69) is 11.6 Å². The maximum Gasteiger partial charge on any atom is 0.254 e. The van der Waals surface area contributed by atoms with Crippen molar-refractivity contribution < 1.29 is 14.3 Å². The standard InChI is InChI=1S/C22H25N3O3/c1-3-10-23-18(4-2)24-12-19(26)25(11-17-8-6-5-7-9-17)22(20(24)27)13-21(14-22)15-28-16-21/h3-10H,2,11-16H2,1H3/b10-3-,23-18+. The normalized spacial score (nSPS) is 23.2. The Morgan fingerprint density at radius 2 is 1.96 bits per heavy atom. The molecular weight excluding hydrogens is 354 g/mol. The van der Waals surface area contributed by atoms with Crippen LogP contribution in [-0.2, 0) is 20.9 Å². The van der Waals surface area contributed by atoms with E-state index in [1.54, 1.807) is 17.2 Å². The van der Waals surface area contributed by atoms with Gasteiger partial charge >= 0.3 is 0 Å². The van der Waals surface area contributed by atoms with Crippen LogP contribution in [0.15, 0.2) is 60.3 Å². The van der Waals surface area contributed by atoms with Crippen molar-refractivity contribution >= 4 is 17.6 Å². The third-order valence-corrected chi connectivity index (χ3v) is 5.90. The van der Waals surface area contributed by atoms with Crippen LogP contribution in [0.3, 0.4) is 0 Å². The van der Waals surface area contributed by atoms with Crippen molar-refractivity contribution in [2.75, 3.05) is 19.8 Å². The summed E-state index contributed by atoms with van der Waals surface area (Å²) in [5.74, 6) is 0.290. The van der Waals surface area contributed by atoms with Crippen molar-refractivity contribution in [2.24, 2.45) is 10.4 Å². The number of nitrogens with zero attached hydrogens (tertiary/aromatic N) is 3. The van der Waals surface area contributed by atoms with Crippen molar-refractivity contribution in [1.82, 2.24) is 9.80 Å². The molecule has 1 aromatic rings. The molecule has 6 nitrogen and oxygen atoms in total. The molecule has 6 heteroatoms. The van der Waals surface area contributed by atoms with E-state index in [4.69, 9.17) is 4.74 Å². The third kappa shape index (κ3) is 2.88. The molecule has 1 saturated carbocycles. The molecule has 0 radical (unpaired) electrons. The summed E-state index contributed by atoms with van der Waals surface area (Å²) in [4.78, 5) is 34.3. The highest BCUT2D eigenvalue weighted by molar-refractivity contribution is 6.12. The summed E-state index contributed by atoms with van der Waals surface area (Å²) in [5.41, 5.74) is 0.228. The maximum atomic E-state index is 13.6. The lowest BCUT2D eigenvalue weighted by Crippen LogP contribution is -2.77. The fourth-order valence-corrected chi connectivity index (χ4v) is 4.60. The molecule has 0 atom stereocenters. The van der Waals surface area contributed by atoms with E-state index in [-0.39, 0.29) is 23.8 Å². The summed E-state index contributed by atoms with van der Waals surface area (Å²) in [6.45, 7) is 7.38. The molecule has 4 rings (SSSR count). The molecule has 2 saturated heterocycles. The van der Waals surface area contributed by atoms with Crippen LogP contribution in [0.5, 0.6) is 0 Å². The predicted molar refractivity (Wildman–Crippen MR) is 106 cm³/mol. The van der Waals surface area contributed by atoms with Gasteiger partial charge in [0.05, 0.1) is 13.2 Å². The van der Waals surface area contributed by atoms with Crippen LogP contribution in [0.4, 0.5) is 0 Å². The average molecular weight is 379 g/mol. The molecular formula is C22H25N3O3. The van der Waals surface area contributed by atoms with Crippen molar-refractivity contribution in [2.45, 2.75) is 31.8 Å². The molecule has 1 aliphatic carbocycles. The Balaban J connectivity index is 1.67. The van der Waals surface area contributed by atoms with Gasteiger partial charge in [-0.3, -0.25) is 14.5 Å². The van der Waals surface area contributed by atoms with Crippen LogP contribution in [0.1, 0.15) is 25.3 Å². The lowest BCUT2D eigenvalue weighted by molar-refractivity contribution is -0.227. The number of allylic oxidation sites excluding steroid dienone is 1. The number of carbonyl (C=O) groups excluding carboxylic acids is 2. The van der Waals surface area contributed by atoms with Gasteiger partial charge in [-0.1, -0.05) is 43.0 Å². The van der Waals surface area contributed by atoms with Crippen LogP contribution in [0, 0.1) is 5.41 Å². The lowest BCUT2D eigenvalue weighted by Gasteiger charge is -2.64. The number of amidine groups is 1. The van der Waals surface area contributed by atoms with Gasteiger partial charge in [-0.15, -0.1) is 0 Å². The summed E-state index contributed by atoms with van der Waals surface area (Å²) in [7, 11) is 0. The molecule has 1 aromatic carbocycles. The van der Waals surface area contributed by atoms with Crippen molar-refractivity contribution in [3.05, 3.63) is 60.8 Å². The number of hydrogen-bond acceptors (Lipinski definition) is 4. The second-order valence-electron chi connectivity index (χ2n) is 7.91. The smallest absolute Gasteiger partial charge is 0.254 e. The number of aliphatic imine (C=N–C) groups is 1. The van der Waals surface area contributed by atoms with Gasteiger partial charge in [0.15, 0.2) is 0 Å². The summed E-state index contributed by atoms with van der Waals surface area (Å²) in [5, 5.41) is 0. The van der Waals surface area contributed by atoms with E-state index in [0.717, 1.165) is 5.56 Å². The molecule has 3 fully saturated rings. The first-order chi connectivity index (χ1) is 13.5. The SMILES string of the molecule is C=C/C(=N\C=C/C)N1CC(=O)N(Cc2ccccc2)C2(CC3(COC3)C2)C1=O. The highest BCUT2D eigenvalue weighted by Crippen LogP contribution is 2.57. The van der Waals surface area contributed by atoms with E-state index in [1.165, 1.54) is 11.0 Å². The van der Waals surface area contributed by atoms with Crippen LogP contribution in [0.2, 0.25) is 0 Å². The number of benzene rings is 1. The molecule has 2 amide bonds. The van der Waals surface area contributed by atoms with E-state index >= 15 is 0 Å². The first kappa shape index (κ1) is 18.6. The number of piperazine rings is 1. The number of ether oxygens (including phenoxy) is 1. The zero-order chi connectivity index (χ0) is 19.8. The highest BCUT2D eigenvalue weighted by atomic mass is 16.5. The monoisotopic (exact) mass is 379 g/mol. The maximum absolute atomic E-state index is 13.6. The molecule has 2 heterocycles. The van der Waals surface area contributed by atoms with E-state index in [0.29, 0.717) is 38.4 Å². The minimum absolute atomic E-state index is 0.0146. The number of hydrogen-bond donors (Lipinski definition) is 0. The van der Waals surface area contributed by atoms with Crippen LogP contribution in [-0.4, -0.2) is 52.7 Å². The van der Waals surface area contributed by atoms with E-state index in [1.807, 2.05) is 37.3 Å². The van der Waals surface area contributed by atoms with Gasteiger partial charge in [-0.25, -0.2) is 4.99 Å². The molecule has 0 unspecified atom stereocenters. The lowest BCUT2D eigenvalue weighted by atomic mass is 9.54. The zero-order valence-electron chi connectivity index (χ0n) is 16.1. The van der Waals surface area contributed by atoms with E-state index in [9.17, 15) is 9.59 Å². The number of amides is 2. The molecule has 2 aliphatic heterocycles. The van der Waals surface area contributed by atoms with Gasteiger partial charge in [0, 0.05) is 18.2 Å². The summed E-state index contributed by atoms with van der Waals surface area (Å²) in [6, 6.07) is 9.82. The molecule has 0 bridgehead atoms. The number of rotatable bonds is 4. The average Bonchev–Trinajstić information content (AvgIpc) is 2.64. The van der Waals surface area contributed by atoms with Crippen LogP contribution >= 0.6 is 0 Å². The Bertz CT molecular complexity index is 847. The molecule has 0 aromatic heterocycles. The van der Waals surface area contributed by atoms with Gasteiger partial charge in [-0.05, 0) is 31.4 Å². The summed E-state index contributed by atoms with van der Waals surface area (Å²) < 4.78 is 5.40. The Hall–Kier alpha value is -2.73. The van der Waals surface area contributed by atoms with Crippen molar-refractivity contribution in [3.8, 4) is 0 Å². The largest absolute Gasteiger partial charge is 0.380 e. The molecule has 2 spiro atoms. The van der Waals surface area contributed by atoms with Crippen molar-refractivity contribution in [1.29, 1.82) is 0 Å². The Kier molecular flexibility index (Phi) is 4.67. The quantitative estimate of drug-likeness (QED) is 0.597.